The van der Waals surface area contributed by atoms with E-state index in [0.717, 1.165) is 22.8 Å². The lowest BCUT2D eigenvalue weighted by molar-refractivity contribution is -0.137. The van der Waals surface area contributed by atoms with E-state index in [-0.39, 0.29) is 12.1 Å². The Labute approximate surface area is 165 Å². The van der Waals surface area contributed by atoms with Gasteiger partial charge in [-0.2, -0.15) is 13.2 Å². The standard InChI is InChI=1S/C21H16ClF3N2O/c22-17-11-16(12-26-13-17)15-7-5-14(6-8-15)9-10-27-20(28)18-3-1-2-4-19(18)21(23,24)25/h1-8,11-13H,9-10H2,(H,27,28). The van der Waals surface area contributed by atoms with Gasteiger partial charge in [-0.05, 0) is 35.7 Å². The molecule has 1 amide bonds. The highest BCUT2D eigenvalue weighted by Crippen LogP contribution is 2.31. The number of carbonyl (C=O) groups excluding carboxylic acids is 1. The normalized spacial score (nSPS) is 11.3. The smallest absolute Gasteiger partial charge is 0.352 e. The second-order valence-electron chi connectivity index (χ2n) is 6.14. The molecule has 0 atom stereocenters. The summed E-state index contributed by atoms with van der Waals surface area (Å²) in [6.07, 6.45) is -0.814. The summed E-state index contributed by atoms with van der Waals surface area (Å²) in [7, 11) is 0. The first-order valence-electron chi connectivity index (χ1n) is 8.49. The molecule has 1 heterocycles. The van der Waals surface area contributed by atoms with Gasteiger partial charge < -0.3 is 5.32 Å². The van der Waals surface area contributed by atoms with Gasteiger partial charge in [0.1, 0.15) is 0 Å². The van der Waals surface area contributed by atoms with Gasteiger partial charge in [0.2, 0.25) is 0 Å². The van der Waals surface area contributed by atoms with E-state index in [1.807, 2.05) is 30.3 Å². The molecule has 0 bridgehead atoms. The largest absolute Gasteiger partial charge is 0.417 e. The van der Waals surface area contributed by atoms with Crippen molar-refractivity contribution in [2.45, 2.75) is 12.6 Å². The maximum absolute atomic E-state index is 13.0. The van der Waals surface area contributed by atoms with Gasteiger partial charge in [-0.25, -0.2) is 0 Å². The summed E-state index contributed by atoms with van der Waals surface area (Å²) in [6.45, 7) is 0.225. The van der Waals surface area contributed by atoms with Crippen molar-refractivity contribution >= 4 is 17.5 Å². The van der Waals surface area contributed by atoms with E-state index < -0.39 is 17.6 Å². The highest BCUT2D eigenvalue weighted by Gasteiger charge is 2.34. The maximum Gasteiger partial charge on any atom is 0.417 e. The van der Waals surface area contributed by atoms with Crippen LogP contribution in [-0.4, -0.2) is 17.4 Å². The van der Waals surface area contributed by atoms with E-state index in [9.17, 15) is 18.0 Å². The Balaban J connectivity index is 1.61. The van der Waals surface area contributed by atoms with Gasteiger partial charge in [-0.15, -0.1) is 0 Å². The van der Waals surface area contributed by atoms with Gasteiger partial charge in [-0.3, -0.25) is 9.78 Å². The molecule has 0 spiro atoms. The zero-order valence-electron chi connectivity index (χ0n) is 14.6. The number of hydrogen-bond donors (Lipinski definition) is 1. The molecule has 0 aliphatic carbocycles. The third kappa shape index (κ3) is 4.89. The number of pyridine rings is 1. The summed E-state index contributed by atoms with van der Waals surface area (Å²) >= 11 is 5.94. The first kappa shape index (κ1) is 19.9. The van der Waals surface area contributed by atoms with Crippen LogP contribution in [0.3, 0.4) is 0 Å². The van der Waals surface area contributed by atoms with Gasteiger partial charge in [0.15, 0.2) is 0 Å². The van der Waals surface area contributed by atoms with Crippen molar-refractivity contribution in [1.82, 2.24) is 10.3 Å². The van der Waals surface area contributed by atoms with Crippen LogP contribution in [0.25, 0.3) is 11.1 Å². The number of hydrogen-bond acceptors (Lipinski definition) is 2. The first-order chi connectivity index (χ1) is 13.3. The molecule has 0 radical (unpaired) electrons. The number of nitrogens with one attached hydrogen (secondary N) is 1. The molecule has 3 aromatic rings. The number of carbonyl (C=O) groups is 1. The van der Waals surface area contributed by atoms with E-state index in [1.54, 1.807) is 12.4 Å². The van der Waals surface area contributed by atoms with Crippen molar-refractivity contribution in [3.05, 3.63) is 88.7 Å². The van der Waals surface area contributed by atoms with Crippen molar-refractivity contribution in [1.29, 1.82) is 0 Å². The lowest BCUT2D eigenvalue weighted by atomic mass is 10.0. The van der Waals surface area contributed by atoms with E-state index in [1.165, 1.54) is 18.2 Å². The highest BCUT2D eigenvalue weighted by molar-refractivity contribution is 6.30. The molecule has 7 heteroatoms. The third-order valence-corrected chi connectivity index (χ3v) is 4.38. The summed E-state index contributed by atoms with van der Waals surface area (Å²) in [5.74, 6) is -0.741. The fraction of sp³-hybridized carbons (Fsp3) is 0.143. The Morgan fingerprint density at radius 1 is 1.00 bits per heavy atom. The molecule has 0 aliphatic heterocycles. The molecular weight excluding hydrogens is 389 g/mol. The average Bonchev–Trinajstić information content (AvgIpc) is 2.68. The minimum Gasteiger partial charge on any atom is -0.352 e. The molecule has 2 aromatic carbocycles. The number of amides is 1. The lowest BCUT2D eigenvalue weighted by Gasteiger charge is -2.12. The summed E-state index contributed by atoms with van der Waals surface area (Å²) in [6, 6.07) is 14.2. The van der Waals surface area contributed by atoms with Crippen molar-refractivity contribution in [3.63, 3.8) is 0 Å². The fourth-order valence-electron chi connectivity index (χ4n) is 2.78. The Morgan fingerprint density at radius 2 is 1.71 bits per heavy atom. The van der Waals surface area contributed by atoms with Crippen LogP contribution in [0, 0.1) is 0 Å². The molecule has 3 nitrogen and oxygen atoms in total. The minimum absolute atomic E-state index is 0.225. The quantitative estimate of drug-likeness (QED) is 0.619. The SMILES string of the molecule is O=C(NCCc1ccc(-c2cncc(Cl)c2)cc1)c1ccccc1C(F)(F)F. The monoisotopic (exact) mass is 404 g/mol. The Morgan fingerprint density at radius 3 is 2.39 bits per heavy atom. The van der Waals surface area contributed by atoms with Crippen LogP contribution in [-0.2, 0) is 12.6 Å². The zero-order valence-corrected chi connectivity index (χ0v) is 15.4. The van der Waals surface area contributed by atoms with Crippen molar-refractivity contribution < 1.29 is 18.0 Å². The van der Waals surface area contributed by atoms with E-state index in [0.29, 0.717) is 11.4 Å². The Hall–Kier alpha value is -2.86. The highest BCUT2D eigenvalue weighted by atomic mass is 35.5. The molecule has 1 N–H and O–H groups in total. The fourth-order valence-corrected chi connectivity index (χ4v) is 2.95. The number of benzene rings is 2. The molecule has 1 aromatic heterocycles. The third-order valence-electron chi connectivity index (χ3n) is 4.17. The lowest BCUT2D eigenvalue weighted by Crippen LogP contribution is -2.28. The molecule has 3 rings (SSSR count). The molecule has 0 aliphatic rings. The second-order valence-corrected chi connectivity index (χ2v) is 6.57. The Bertz CT molecular complexity index is 972. The van der Waals surface area contributed by atoms with Crippen LogP contribution < -0.4 is 5.32 Å². The molecule has 0 saturated heterocycles. The van der Waals surface area contributed by atoms with Crippen LogP contribution in [0.4, 0.5) is 13.2 Å². The topological polar surface area (TPSA) is 42.0 Å². The molecular formula is C21H16ClF3N2O. The molecule has 144 valence electrons. The van der Waals surface area contributed by atoms with Gasteiger partial charge in [0, 0.05) is 24.5 Å². The number of halogens is 4. The Kier molecular flexibility index (Phi) is 5.99. The predicted molar refractivity (Wildman–Crippen MR) is 102 cm³/mol. The van der Waals surface area contributed by atoms with Crippen LogP contribution in [0.2, 0.25) is 5.02 Å². The summed E-state index contributed by atoms with van der Waals surface area (Å²) < 4.78 is 39.0. The van der Waals surface area contributed by atoms with Crippen LogP contribution in [0.15, 0.2) is 67.0 Å². The van der Waals surface area contributed by atoms with Crippen molar-refractivity contribution in [3.8, 4) is 11.1 Å². The summed E-state index contributed by atoms with van der Waals surface area (Å²) in [5.41, 5.74) is 1.46. The van der Waals surface area contributed by atoms with Crippen LogP contribution in [0.1, 0.15) is 21.5 Å². The van der Waals surface area contributed by atoms with Gasteiger partial charge >= 0.3 is 6.18 Å². The van der Waals surface area contributed by atoms with Gasteiger partial charge in [0.25, 0.3) is 5.91 Å². The van der Waals surface area contributed by atoms with Crippen LogP contribution in [0.5, 0.6) is 0 Å². The molecule has 0 fully saturated rings. The molecule has 28 heavy (non-hydrogen) atoms. The number of rotatable bonds is 5. The van der Waals surface area contributed by atoms with Crippen molar-refractivity contribution in [2.24, 2.45) is 0 Å². The summed E-state index contributed by atoms with van der Waals surface area (Å²) in [4.78, 5) is 16.2. The minimum atomic E-state index is -4.57. The van der Waals surface area contributed by atoms with E-state index >= 15 is 0 Å². The number of aromatic nitrogens is 1. The average molecular weight is 405 g/mol. The van der Waals surface area contributed by atoms with Crippen molar-refractivity contribution in [2.75, 3.05) is 6.54 Å². The molecule has 0 saturated carbocycles. The number of nitrogens with zero attached hydrogens (tertiary/aromatic N) is 1. The first-order valence-corrected chi connectivity index (χ1v) is 8.86. The van der Waals surface area contributed by atoms with Gasteiger partial charge in [0.05, 0.1) is 16.1 Å². The summed E-state index contributed by atoms with van der Waals surface area (Å²) in [5, 5.41) is 3.09. The van der Waals surface area contributed by atoms with E-state index in [4.69, 9.17) is 11.6 Å². The maximum atomic E-state index is 13.0. The zero-order chi connectivity index (χ0) is 20.1. The number of alkyl halides is 3. The molecule has 0 unspecified atom stereocenters. The predicted octanol–water partition coefficient (Wildman–Crippen LogP) is 5.39. The second kappa shape index (κ2) is 8.44. The van der Waals surface area contributed by atoms with Crippen LogP contribution >= 0.6 is 11.6 Å². The van der Waals surface area contributed by atoms with E-state index in [2.05, 4.69) is 10.3 Å². The van der Waals surface area contributed by atoms with Gasteiger partial charge in [-0.1, -0.05) is 48.0 Å².